The van der Waals surface area contributed by atoms with Crippen LogP contribution in [0.3, 0.4) is 0 Å². The van der Waals surface area contributed by atoms with Crippen molar-refractivity contribution in [1.29, 1.82) is 5.26 Å². The Morgan fingerprint density at radius 2 is 1.83 bits per heavy atom. The van der Waals surface area contributed by atoms with Gasteiger partial charge in [-0.15, -0.1) is 11.1 Å². The fourth-order valence-electron chi connectivity index (χ4n) is 4.59. The minimum Gasteiger partial charge on any atom is -0.493 e. The summed E-state index contributed by atoms with van der Waals surface area (Å²) in [6, 6.07) is 9.52. The van der Waals surface area contributed by atoms with Crippen LogP contribution in [0.25, 0.3) is 0 Å². The summed E-state index contributed by atoms with van der Waals surface area (Å²) in [4.78, 5) is 34.8. The van der Waals surface area contributed by atoms with E-state index in [1.54, 1.807) is 18.7 Å². The number of alkyl halides is 3. The monoisotopic (exact) mass is 593 g/mol. The molecule has 0 radical (unpaired) electrons. The Morgan fingerprint density at radius 3 is 2.39 bits per heavy atom. The topological polar surface area (TPSA) is 108 Å². The van der Waals surface area contributed by atoms with Crippen LogP contribution in [0, 0.1) is 17.2 Å². The molecule has 2 saturated heterocycles. The van der Waals surface area contributed by atoms with Crippen LogP contribution in [0.5, 0.6) is 5.75 Å². The normalized spacial score (nSPS) is 20.6. The van der Waals surface area contributed by atoms with Gasteiger partial charge in [0.15, 0.2) is 5.69 Å². The molecule has 0 saturated carbocycles. The minimum atomic E-state index is -4.79. The molecule has 9 nitrogen and oxygen atoms in total. The molecule has 1 N–H and O–H groups in total. The lowest BCUT2D eigenvalue weighted by molar-refractivity contribution is -0.138. The van der Waals surface area contributed by atoms with E-state index >= 15 is 0 Å². The van der Waals surface area contributed by atoms with Crippen LogP contribution >= 0.6 is 11.1 Å². The number of hydrogen-bond donors (Lipinski definition) is 2. The van der Waals surface area contributed by atoms with Gasteiger partial charge < -0.3 is 14.4 Å². The Kier molecular flexibility index (Phi) is 8.47. The third-order valence-electron chi connectivity index (χ3n) is 6.88. The third-order valence-corrected chi connectivity index (χ3v) is 9.40. The number of piperidine rings is 1. The number of hydrazine groups is 1. The largest absolute Gasteiger partial charge is 0.493 e. The SMILES string of the molecule is CC(C)(C)OC(=O)N1CCC(COc2ccc([SH]3NN(c4cnc(C#N)c(C(F)(F)F)c4)C(=O)C3(C)C)cc2)CC1. The van der Waals surface area contributed by atoms with Gasteiger partial charge in [-0.3, -0.25) is 4.79 Å². The first kappa shape index (κ1) is 30.5. The lowest BCUT2D eigenvalue weighted by Gasteiger charge is -2.33. The van der Waals surface area contributed by atoms with E-state index in [2.05, 4.69) is 9.82 Å². The number of nitrogens with one attached hydrogen (secondary N) is 1. The van der Waals surface area contributed by atoms with Gasteiger partial charge in [0.05, 0.1) is 28.8 Å². The first-order valence-corrected chi connectivity index (χ1v) is 14.5. The average molecular weight is 594 g/mol. The molecule has 4 rings (SSSR count). The summed E-state index contributed by atoms with van der Waals surface area (Å²) in [5, 5.41) is 10.1. The number of aromatic nitrogens is 1. The maximum absolute atomic E-state index is 13.5. The van der Waals surface area contributed by atoms with Crippen molar-refractivity contribution in [2.75, 3.05) is 24.7 Å². The molecular weight excluding hydrogens is 559 g/mol. The number of pyridine rings is 1. The van der Waals surface area contributed by atoms with E-state index in [0.717, 1.165) is 35.0 Å². The lowest BCUT2D eigenvalue weighted by atomic mass is 9.98. The maximum atomic E-state index is 13.5. The molecule has 0 bridgehead atoms. The molecule has 2 fully saturated rings. The minimum absolute atomic E-state index is 0.0860. The van der Waals surface area contributed by atoms with E-state index in [1.165, 1.54) is 6.07 Å². The molecule has 2 aliphatic rings. The second-order valence-electron chi connectivity index (χ2n) is 11.5. The fraction of sp³-hybridized carbons (Fsp3) is 0.500. The van der Waals surface area contributed by atoms with Crippen LogP contribution in [0.2, 0.25) is 0 Å². The summed E-state index contributed by atoms with van der Waals surface area (Å²) in [5.74, 6) is 0.549. The highest BCUT2D eigenvalue weighted by molar-refractivity contribution is 8.17. The standard InChI is InChI=1S/C28H34F3N5O4S/c1-26(2,3)40-25(38)35-12-10-18(11-13-35)17-39-20-6-8-21(9-7-20)41-27(4,5)24(37)36(34-41)19-14-22(28(29,30)31)23(15-32)33-16-19/h6-9,14,16,18,34,41H,10-13,17H2,1-5H3. The first-order chi connectivity index (χ1) is 19.1. The quantitative estimate of drug-likeness (QED) is 0.435. The van der Waals surface area contributed by atoms with Crippen molar-refractivity contribution in [3.8, 4) is 11.8 Å². The van der Waals surface area contributed by atoms with Crippen molar-refractivity contribution in [1.82, 2.24) is 14.7 Å². The van der Waals surface area contributed by atoms with E-state index in [-0.39, 0.29) is 11.8 Å². The number of nitrogens with zero attached hydrogens (tertiary/aromatic N) is 4. The summed E-state index contributed by atoms with van der Waals surface area (Å²) in [6.45, 7) is 10.7. The lowest BCUT2D eigenvalue weighted by Crippen LogP contribution is -2.42. The van der Waals surface area contributed by atoms with Crippen molar-refractivity contribution in [2.45, 2.75) is 68.9 Å². The van der Waals surface area contributed by atoms with Crippen molar-refractivity contribution in [3.63, 3.8) is 0 Å². The van der Waals surface area contributed by atoms with E-state index in [0.29, 0.717) is 31.4 Å². The Bertz CT molecular complexity index is 1330. The number of amides is 2. The molecule has 2 aliphatic heterocycles. The van der Waals surface area contributed by atoms with Gasteiger partial charge >= 0.3 is 12.3 Å². The van der Waals surface area contributed by atoms with E-state index in [4.69, 9.17) is 14.7 Å². The van der Waals surface area contributed by atoms with Crippen LogP contribution in [0.4, 0.5) is 23.7 Å². The van der Waals surface area contributed by atoms with Crippen LogP contribution in [0.15, 0.2) is 41.4 Å². The first-order valence-electron chi connectivity index (χ1n) is 13.2. The molecule has 222 valence electrons. The van der Waals surface area contributed by atoms with Crippen LogP contribution < -0.4 is 14.6 Å². The van der Waals surface area contributed by atoms with E-state index < -0.39 is 44.8 Å². The molecule has 0 spiro atoms. The van der Waals surface area contributed by atoms with Crippen LogP contribution in [0.1, 0.15) is 58.7 Å². The molecule has 1 aromatic heterocycles. The number of halogens is 3. The van der Waals surface area contributed by atoms with Crippen molar-refractivity contribution >= 4 is 28.8 Å². The van der Waals surface area contributed by atoms with Gasteiger partial charge in [-0.25, -0.2) is 14.8 Å². The number of nitriles is 1. The summed E-state index contributed by atoms with van der Waals surface area (Å²) in [6.07, 6.45) is -2.39. The predicted octanol–water partition coefficient (Wildman–Crippen LogP) is 5.60. The van der Waals surface area contributed by atoms with E-state index in [1.807, 2.05) is 45.0 Å². The Morgan fingerprint density at radius 1 is 1.20 bits per heavy atom. The van der Waals surface area contributed by atoms with E-state index in [9.17, 15) is 22.8 Å². The fourth-order valence-corrected chi connectivity index (χ4v) is 6.75. The van der Waals surface area contributed by atoms with Crippen molar-refractivity contribution in [2.24, 2.45) is 5.92 Å². The Hall–Kier alpha value is -3.50. The maximum Gasteiger partial charge on any atom is 0.419 e. The number of thiol groups is 1. The Balaban J connectivity index is 1.38. The molecule has 1 aromatic carbocycles. The number of anilines is 1. The van der Waals surface area contributed by atoms with Crippen molar-refractivity contribution < 1.29 is 32.2 Å². The molecule has 0 aliphatic carbocycles. The van der Waals surface area contributed by atoms with Gasteiger partial charge in [-0.05, 0) is 83.7 Å². The summed E-state index contributed by atoms with van der Waals surface area (Å²) >= 11 is -1.34. The predicted molar refractivity (Wildman–Crippen MR) is 148 cm³/mol. The average Bonchev–Trinajstić information content (AvgIpc) is 3.14. The summed E-state index contributed by atoms with van der Waals surface area (Å²) < 4.78 is 50.9. The summed E-state index contributed by atoms with van der Waals surface area (Å²) in [7, 11) is 0. The summed E-state index contributed by atoms with van der Waals surface area (Å²) in [5.41, 5.74) is -2.56. The number of rotatable bonds is 5. The molecule has 13 heteroatoms. The van der Waals surface area contributed by atoms with Gasteiger partial charge in [-0.2, -0.15) is 23.3 Å². The second-order valence-corrected chi connectivity index (χ2v) is 14.1. The van der Waals surface area contributed by atoms with Gasteiger partial charge in [-0.1, -0.05) is 0 Å². The smallest absolute Gasteiger partial charge is 0.419 e. The number of hydrogen-bond acceptors (Lipinski definition) is 7. The van der Waals surface area contributed by atoms with Crippen LogP contribution in [-0.2, 0) is 15.7 Å². The number of likely N-dealkylation sites (tertiary alicyclic amines) is 1. The molecular formula is C28H34F3N5O4S. The zero-order chi connectivity index (χ0) is 30.2. The third kappa shape index (κ3) is 6.87. The van der Waals surface area contributed by atoms with Gasteiger partial charge in [0.25, 0.3) is 5.91 Å². The number of carbonyl (C=O) groups is 2. The molecule has 1 unspecified atom stereocenters. The molecule has 2 aromatic rings. The van der Waals surface area contributed by atoms with Gasteiger partial charge in [0, 0.05) is 18.0 Å². The number of carbonyl (C=O) groups excluding carboxylic acids is 2. The second kappa shape index (κ2) is 11.4. The highest BCUT2D eigenvalue weighted by Crippen LogP contribution is 2.51. The highest BCUT2D eigenvalue weighted by Gasteiger charge is 2.47. The van der Waals surface area contributed by atoms with Crippen molar-refractivity contribution in [3.05, 3.63) is 47.8 Å². The van der Waals surface area contributed by atoms with Gasteiger partial charge in [0.2, 0.25) is 0 Å². The molecule has 41 heavy (non-hydrogen) atoms. The zero-order valence-corrected chi connectivity index (χ0v) is 24.5. The highest BCUT2D eigenvalue weighted by atomic mass is 32.2. The molecule has 3 heterocycles. The number of benzene rings is 1. The molecule has 2 amide bonds. The number of ether oxygens (including phenoxy) is 2. The zero-order valence-electron chi connectivity index (χ0n) is 23.6. The van der Waals surface area contributed by atoms with Gasteiger partial charge in [0.1, 0.15) is 17.4 Å². The molecule has 1 atom stereocenters. The van der Waals surface area contributed by atoms with Crippen LogP contribution in [-0.4, -0.2) is 51.9 Å². The Labute approximate surface area is 240 Å².